The van der Waals surface area contributed by atoms with Crippen molar-refractivity contribution < 1.29 is 4.74 Å². The van der Waals surface area contributed by atoms with Crippen molar-refractivity contribution in [3.05, 3.63) is 88.9 Å². The van der Waals surface area contributed by atoms with Gasteiger partial charge in [-0.25, -0.2) is 19.9 Å². The number of nitrogens with one attached hydrogen (secondary N) is 1. The first-order valence-electron chi connectivity index (χ1n) is 11.3. The number of nitrogens with two attached hydrogens (primary N) is 1. The van der Waals surface area contributed by atoms with Crippen LogP contribution in [0.25, 0.3) is 27.7 Å². The van der Waals surface area contributed by atoms with Gasteiger partial charge in [-0.15, -0.1) is 0 Å². The summed E-state index contributed by atoms with van der Waals surface area (Å²) in [5.74, 6) is 0.695. The molecule has 182 valence electrons. The molecule has 0 fully saturated rings. The van der Waals surface area contributed by atoms with Gasteiger partial charge in [-0.05, 0) is 30.7 Å². The van der Waals surface area contributed by atoms with Crippen LogP contribution in [0, 0.1) is 11.3 Å². The molecule has 0 saturated carbocycles. The van der Waals surface area contributed by atoms with Crippen molar-refractivity contribution in [1.82, 2.24) is 29.5 Å². The molecule has 3 heterocycles. The van der Waals surface area contributed by atoms with Crippen LogP contribution in [0.5, 0.6) is 6.01 Å². The maximum atomic E-state index is 14.1. The molecule has 5 rings (SSSR count). The minimum atomic E-state index is -0.535. The second-order valence-corrected chi connectivity index (χ2v) is 8.07. The number of anilines is 2. The van der Waals surface area contributed by atoms with E-state index in [1.807, 2.05) is 55.5 Å². The molecule has 0 spiro atoms. The largest absolute Gasteiger partial charge is 0.467 e. The molecule has 11 nitrogen and oxygen atoms in total. The summed E-state index contributed by atoms with van der Waals surface area (Å²) >= 11 is 0. The van der Waals surface area contributed by atoms with Crippen LogP contribution in [-0.4, -0.2) is 36.6 Å². The summed E-state index contributed by atoms with van der Waals surface area (Å²) in [4.78, 5) is 35.4. The Balaban J connectivity index is 1.73. The van der Waals surface area contributed by atoms with Gasteiger partial charge in [0.2, 0.25) is 5.95 Å². The summed E-state index contributed by atoms with van der Waals surface area (Å²) in [5.41, 5.74) is 8.12. The fourth-order valence-corrected chi connectivity index (χ4v) is 4.02. The third kappa shape index (κ3) is 4.39. The number of aromatic nitrogens is 6. The lowest BCUT2D eigenvalue weighted by Crippen LogP contribution is -2.28. The van der Waals surface area contributed by atoms with E-state index < -0.39 is 6.04 Å². The van der Waals surface area contributed by atoms with Crippen molar-refractivity contribution in [2.24, 2.45) is 0 Å². The van der Waals surface area contributed by atoms with E-state index in [-0.39, 0.29) is 28.9 Å². The maximum Gasteiger partial charge on any atom is 0.316 e. The molecule has 0 unspecified atom stereocenters. The number of nitriles is 1. The van der Waals surface area contributed by atoms with Crippen LogP contribution in [0.3, 0.4) is 0 Å². The van der Waals surface area contributed by atoms with Gasteiger partial charge in [0, 0.05) is 18.0 Å². The fourth-order valence-electron chi connectivity index (χ4n) is 4.02. The van der Waals surface area contributed by atoms with Crippen molar-refractivity contribution in [2.75, 3.05) is 18.2 Å². The summed E-state index contributed by atoms with van der Waals surface area (Å²) in [6.07, 6.45) is 4.56. The molecule has 0 aliphatic rings. The van der Waals surface area contributed by atoms with E-state index in [1.54, 1.807) is 23.0 Å². The molecule has 3 aromatic heterocycles. The quantitative estimate of drug-likeness (QED) is 0.361. The van der Waals surface area contributed by atoms with Gasteiger partial charge in [0.25, 0.3) is 5.56 Å². The summed E-state index contributed by atoms with van der Waals surface area (Å²) in [6.45, 7) is 1.83. The lowest BCUT2D eigenvalue weighted by molar-refractivity contribution is 0.380. The highest BCUT2D eigenvalue weighted by Gasteiger charge is 2.21. The monoisotopic (exact) mass is 491 g/mol. The lowest BCUT2D eigenvalue weighted by Gasteiger charge is -2.21. The smallest absolute Gasteiger partial charge is 0.316 e. The van der Waals surface area contributed by atoms with E-state index in [4.69, 9.17) is 15.5 Å². The van der Waals surface area contributed by atoms with Gasteiger partial charge < -0.3 is 15.8 Å². The number of nitrogens with zero attached hydrogens (tertiary/aromatic N) is 7. The normalized spacial score (nSPS) is 11.6. The molecular formula is C26H21N9O2. The van der Waals surface area contributed by atoms with Crippen molar-refractivity contribution in [3.8, 4) is 28.9 Å². The summed E-state index contributed by atoms with van der Waals surface area (Å²) in [7, 11) is 1.49. The van der Waals surface area contributed by atoms with E-state index in [1.165, 1.54) is 13.3 Å². The highest BCUT2D eigenvalue weighted by atomic mass is 16.5. The fraction of sp³-hybridized carbons (Fsp3) is 0.115. The molecular weight excluding hydrogens is 470 g/mol. The van der Waals surface area contributed by atoms with Gasteiger partial charge in [-0.3, -0.25) is 9.36 Å². The summed E-state index contributed by atoms with van der Waals surface area (Å²) in [6, 6.07) is 16.4. The third-order valence-electron chi connectivity index (χ3n) is 5.73. The Kier molecular flexibility index (Phi) is 6.13. The Hall–Kier alpha value is -5.37. The number of hydrogen-bond donors (Lipinski definition) is 2. The average molecular weight is 492 g/mol. The van der Waals surface area contributed by atoms with E-state index in [0.29, 0.717) is 33.5 Å². The molecule has 0 aliphatic heterocycles. The standard InChI is InChI=1S/C26H21N9O2/c1-15(32-22-16(11-27)12-29-25(28)34-22)23-33-20-10-6-9-19(17-13-30-26(37-2)31-14-17)21(20)24(36)35(23)18-7-4-3-5-8-18/h3-10,12-15H,1-2H3,(H3,28,29,32,34)/t15-/m1/s1. The Labute approximate surface area is 211 Å². The molecule has 0 saturated heterocycles. The number of fused-ring (bicyclic) bond motifs is 1. The Morgan fingerprint density at radius 2 is 1.78 bits per heavy atom. The highest BCUT2D eigenvalue weighted by Crippen LogP contribution is 2.28. The Bertz CT molecular complexity index is 1690. The average Bonchev–Trinajstić information content (AvgIpc) is 2.93. The van der Waals surface area contributed by atoms with E-state index in [0.717, 1.165) is 0 Å². The number of rotatable bonds is 6. The molecule has 1 atom stereocenters. The first kappa shape index (κ1) is 23.4. The third-order valence-corrected chi connectivity index (χ3v) is 5.73. The summed E-state index contributed by atoms with van der Waals surface area (Å²) in [5, 5.41) is 13.1. The van der Waals surface area contributed by atoms with Crippen LogP contribution in [0.2, 0.25) is 0 Å². The topological polar surface area (TPSA) is 158 Å². The molecule has 0 amide bonds. The molecule has 11 heteroatoms. The number of benzene rings is 2. The molecule has 0 radical (unpaired) electrons. The molecule has 37 heavy (non-hydrogen) atoms. The van der Waals surface area contributed by atoms with Crippen LogP contribution < -0.4 is 21.3 Å². The Morgan fingerprint density at radius 3 is 2.49 bits per heavy atom. The number of nitrogen functional groups attached to an aromatic ring is 1. The highest BCUT2D eigenvalue weighted by molar-refractivity contribution is 5.94. The SMILES string of the molecule is COc1ncc(-c2cccc3nc([C@@H](C)Nc4nc(N)ncc4C#N)n(-c4ccccc4)c(=O)c23)cn1. The Morgan fingerprint density at radius 1 is 1.03 bits per heavy atom. The zero-order chi connectivity index (χ0) is 25.9. The van der Waals surface area contributed by atoms with Gasteiger partial charge >= 0.3 is 6.01 Å². The summed E-state index contributed by atoms with van der Waals surface area (Å²) < 4.78 is 6.61. The van der Waals surface area contributed by atoms with Crippen LogP contribution in [0.1, 0.15) is 24.4 Å². The molecule has 5 aromatic rings. The van der Waals surface area contributed by atoms with Gasteiger partial charge in [0.05, 0.1) is 35.9 Å². The van der Waals surface area contributed by atoms with E-state index in [9.17, 15) is 10.1 Å². The molecule has 0 bridgehead atoms. The molecule has 2 aromatic carbocycles. The van der Waals surface area contributed by atoms with Crippen molar-refractivity contribution in [3.63, 3.8) is 0 Å². The van der Waals surface area contributed by atoms with Crippen LogP contribution in [-0.2, 0) is 0 Å². The zero-order valence-corrected chi connectivity index (χ0v) is 20.0. The van der Waals surface area contributed by atoms with Crippen molar-refractivity contribution in [1.29, 1.82) is 5.26 Å². The van der Waals surface area contributed by atoms with E-state index >= 15 is 0 Å². The van der Waals surface area contributed by atoms with Gasteiger partial charge in [0.1, 0.15) is 23.3 Å². The predicted octanol–water partition coefficient (Wildman–Crippen LogP) is 3.27. The van der Waals surface area contributed by atoms with Crippen LogP contribution in [0.15, 0.2) is 71.9 Å². The number of methoxy groups -OCH3 is 1. The minimum absolute atomic E-state index is 0.0203. The van der Waals surface area contributed by atoms with Crippen LogP contribution in [0.4, 0.5) is 11.8 Å². The molecule has 0 aliphatic carbocycles. The number of para-hydroxylation sites is 1. The first-order chi connectivity index (χ1) is 18.0. The number of hydrogen-bond acceptors (Lipinski definition) is 10. The first-order valence-corrected chi connectivity index (χ1v) is 11.3. The van der Waals surface area contributed by atoms with Crippen LogP contribution >= 0.6 is 0 Å². The number of ether oxygens (including phenoxy) is 1. The van der Waals surface area contributed by atoms with Gasteiger partial charge in [-0.2, -0.15) is 10.2 Å². The second-order valence-electron chi connectivity index (χ2n) is 8.07. The van der Waals surface area contributed by atoms with Crippen molar-refractivity contribution in [2.45, 2.75) is 13.0 Å². The van der Waals surface area contributed by atoms with Gasteiger partial charge in [0.15, 0.2) is 0 Å². The van der Waals surface area contributed by atoms with Gasteiger partial charge in [-0.1, -0.05) is 30.3 Å². The minimum Gasteiger partial charge on any atom is -0.467 e. The lowest BCUT2D eigenvalue weighted by atomic mass is 10.0. The zero-order valence-electron chi connectivity index (χ0n) is 20.0. The van der Waals surface area contributed by atoms with Crippen molar-refractivity contribution >= 4 is 22.7 Å². The predicted molar refractivity (Wildman–Crippen MR) is 138 cm³/mol. The molecule has 3 N–H and O–H groups in total. The maximum absolute atomic E-state index is 14.1. The van der Waals surface area contributed by atoms with E-state index in [2.05, 4.69) is 25.3 Å². The second kappa shape index (κ2) is 9.71.